The van der Waals surface area contributed by atoms with Gasteiger partial charge in [0.05, 0.1) is 16.9 Å². The summed E-state index contributed by atoms with van der Waals surface area (Å²) in [6, 6.07) is 3.49. The van der Waals surface area contributed by atoms with E-state index < -0.39 is 5.79 Å². The minimum Gasteiger partial charge on any atom is -0.211 e. The van der Waals surface area contributed by atoms with Crippen LogP contribution in [0.25, 0.3) is 0 Å². The molecule has 10 heteroatoms. The Labute approximate surface area is 121 Å². The van der Waals surface area contributed by atoms with E-state index in [0.29, 0.717) is 0 Å². The van der Waals surface area contributed by atoms with Crippen LogP contribution < -0.4 is 0 Å². The molecule has 0 bridgehead atoms. The van der Waals surface area contributed by atoms with Crippen molar-refractivity contribution < 1.29 is 24.0 Å². The van der Waals surface area contributed by atoms with Crippen LogP contribution in [0, 0.1) is 0 Å². The van der Waals surface area contributed by atoms with Crippen LogP contribution >= 0.6 is 0 Å². The maximum atomic E-state index is 10.6. The van der Waals surface area contributed by atoms with E-state index in [4.69, 9.17) is 0 Å². The number of hydrogen-bond acceptors (Lipinski definition) is 10. The maximum Gasteiger partial charge on any atom is 0.305 e. The molecule has 10 nitrogen and oxygen atoms in total. The van der Waals surface area contributed by atoms with Gasteiger partial charge in [-0.3, -0.25) is 0 Å². The molecule has 0 heterocycles. The SMILES string of the molecule is O=C=Nc1ccc(N=C=O)c(C(N=C=O)(N=C=O)N=C=O)c1. The largest absolute Gasteiger partial charge is 0.305 e. The molecule has 0 radical (unpaired) electrons. The van der Waals surface area contributed by atoms with Gasteiger partial charge in [-0.25, -0.2) is 24.0 Å². The molecule has 0 aliphatic heterocycles. The second kappa shape index (κ2) is 7.65. The van der Waals surface area contributed by atoms with Crippen molar-refractivity contribution in [1.29, 1.82) is 0 Å². The van der Waals surface area contributed by atoms with Gasteiger partial charge >= 0.3 is 5.79 Å². The summed E-state index contributed by atoms with van der Waals surface area (Å²) in [7, 11) is 0. The van der Waals surface area contributed by atoms with Gasteiger partial charge in [-0.1, -0.05) is 0 Å². The lowest BCUT2D eigenvalue weighted by molar-refractivity contribution is 0.467. The standard InChI is InChI=1S/C12H3N5O5/c18-4-13-9-1-2-11(14-5-19)10(3-9)12(15-6-20,16-7-21)17-8-22/h1-3H. The van der Waals surface area contributed by atoms with Gasteiger partial charge in [0.25, 0.3) is 0 Å². The Kier molecular flexibility index (Phi) is 5.62. The first kappa shape index (κ1) is 16.2. The second-order valence-electron chi connectivity index (χ2n) is 3.35. The Hall–Kier alpha value is -3.88. The molecule has 1 aromatic rings. The van der Waals surface area contributed by atoms with E-state index in [2.05, 4.69) is 25.0 Å². The average Bonchev–Trinajstić information content (AvgIpc) is 2.50. The van der Waals surface area contributed by atoms with E-state index in [1.165, 1.54) is 24.3 Å². The molecule has 0 spiro atoms. The number of isocyanates is 5. The number of carbonyl (C=O) groups excluding carboxylic acids is 5. The van der Waals surface area contributed by atoms with Gasteiger partial charge in [-0.15, -0.1) is 15.0 Å². The summed E-state index contributed by atoms with van der Waals surface area (Å²) in [4.78, 5) is 68.5. The Morgan fingerprint density at radius 2 is 1.27 bits per heavy atom. The van der Waals surface area contributed by atoms with Crippen LogP contribution in [0.1, 0.15) is 5.56 Å². The quantitative estimate of drug-likeness (QED) is 0.560. The Bertz CT molecular complexity index is 786. The first-order valence-corrected chi connectivity index (χ1v) is 5.24. The zero-order valence-corrected chi connectivity index (χ0v) is 10.5. The average molecular weight is 297 g/mol. The molecular formula is C12H3N5O5. The van der Waals surface area contributed by atoms with Crippen LogP contribution in [0.5, 0.6) is 0 Å². The van der Waals surface area contributed by atoms with Crippen molar-refractivity contribution in [2.75, 3.05) is 0 Å². The van der Waals surface area contributed by atoms with Crippen molar-refractivity contribution in [2.45, 2.75) is 5.79 Å². The first-order chi connectivity index (χ1) is 10.7. The highest BCUT2D eigenvalue weighted by Crippen LogP contribution is 2.37. The Balaban J connectivity index is 3.92. The number of nitrogens with zero attached hydrogens (tertiary/aromatic N) is 5. The summed E-state index contributed by atoms with van der Waals surface area (Å²) < 4.78 is 0. The van der Waals surface area contributed by atoms with Crippen LogP contribution in [0.3, 0.4) is 0 Å². The van der Waals surface area contributed by atoms with Crippen LogP contribution in [0.2, 0.25) is 0 Å². The maximum absolute atomic E-state index is 10.6. The van der Waals surface area contributed by atoms with Gasteiger partial charge in [0.1, 0.15) is 0 Å². The molecule has 0 aliphatic rings. The lowest BCUT2D eigenvalue weighted by Gasteiger charge is -2.17. The van der Waals surface area contributed by atoms with E-state index in [0.717, 1.165) is 24.3 Å². The predicted molar refractivity (Wildman–Crippen MR) is 68.0 cm³/mol. The topological polar surface area (TPSA) is 147 Å². The van der Waals surface area contributed by atoms with Crippen LogP contribution in [-0.4, -0.2) is 30.4 Å². The molecule has 0 fully saturated rings. The number of aliphatic imine (C=N–C) groups is 5. The third kappa shape index (κ3) is 3.36. The van der Waals surface area contributed by atoms with Crippen LogP contribution in [-0.2, 0) is 29.8 Å². The minimum atomic E-state index is -2.44. The lowest BCUT2D eigenvalue weighted by atomic mass is 10.1. The van der Waals surface area contributed by atoms with E-state index >= 15 is 0 Å². The molecule has 1 aromatic carbocycles. The molecule has 0 aromatic heterocycles. The van der Waals surface area contributed by atoms with Crippen molar-refractivity contribution in [3.8, 4) is 0 Å². The predicted octanol–water partition coefficient (Wildman–Crippen LogP) is 0.739. The molecule has 0 saturated carbocycles. The lowest BCUT2D eigenvalue weighted by Crippen LogP contribution is -2.18. The number of hydrogen-bond donors (Lipinski definition) is 0. The third-order valence-corrected chi connectivity index (χ3v) is 2.29. The Morgan fingerprint density at radius 3 is 1.73 bits per heavy atom. The minimum absolute atomic E-state index is 0.0116. The molecule has 0 amide bonds. The highest BCUT2D eigenvalue weighted by Gasteiger charge is 2.35. The van der Waals surface area contributed by atoms with E-state index in [1.807, 2.05) is 0 Å². The fraction of sp³-hybridized carbons (Fsp3) is 0.0833. The molecular weight excluding hydrogens is 294 g/mol. The van der Waals surface area contributed by atoms with E-state index in [9.17, 15) is 24.0 Å². The fourth-order valence-corrected chi connectivity index (χ4v) is 1.51. The molecule has 0 atom stereocenters. The van der Waals surface area contributed by atoms with Crippen molar-refractivity contribution in [3.05, 3.63) is 23.8 Å². The summed E-state index contributed by atoms with van der Waals surface area (Å²) in [5.41, 5.74) is -0.484. The third-order valence-electron chi connectivity index (χ3n) is 2.29. The summed E-state index contributed by atoms with van der Waals surface area (Å²) in [6.45, 7) is 0. The fourth-order valence-electron chi connectivity index (χ4n) is 1.51. The van der Waals surface area contributed by atoms with Crippen LogP contribution in [0.15, 0.2) is 43.2 Å². The molecule has 0 unspecified atom stereocenters. The summed E-state index contributed by atoms with van der Waals surface area (Å²) in [5, 5.41) is 0. The smallest absolute Gasteiger partial charge is 0.211 e. The van der Waals surface area contributed by atoms with E-state index in [1.54, 1.807) is 0 Å². The van der Waals surface area contributed by atoms with Gasteiger partial charge < -0.3 is 0 Å². The van der Waals surface area contributed by atoms with Gasteiger partial charge in [0, 0.05) is 0 Å². The van der Waals surface area contributed by atoms with Gasteiger partial charge in [0.2, 0.25) is 30.4 Å². The zero-order valence-electron chi connectivity index (χ0n) is 10.5. The van der Waals surface area contributed by atoms with Gasteiger partial charge in [0.15, 0.2) is 0 Å². The summed E-state index contributed by atoms with van der Waals surface area (Å²) >= 11 is 0. The molecule has 22 heavy (non-hydrogen) atoms. The Morgan fingerprint density at radius 1 is 0.727 bits per heavy atom. The summed E-state index contributed by atoms with van der Waals surface area (Å²) in [5.74, 6) is -2.44. The molecule has 0 saturated heterocycles. The van der Waals surface area contributed by atoms with Crippen molar-refractivity contribution >= 4 is 41.8 Å². The first-order valence-electron chi connectivity index (χ1n) is 5.24. The normalized spacial score (nSPS) is 11.1. The highest BCUT2D eigenvalue weighted by atomic mass is 16.1. The molecule has 0 aliphatic carbocycles. The van der Waals surface area contributed by atoms with Crippen molar-refractivity contribution in [3.63, 3.8) is 0 Å². The van der Waals surface area contributed by atoms with E-state index in [-0.39, 0.29) is 16.9 Å². The highest BCUT2D eigenvalue weighted by molar-refractivity contribution is 5.64. The number of benzene rings is 1. The van der Waals surface area contributed by atoms with Crippen molar-refractivity contribution in [2.24, 2.45) is 25.0 Å². The van der Waals surface area contributed by atoms with Crippen LogP contribution in [0.4, 0.5) is 11.4 Å². The van der Waals surface area contributed by atoms with Gasteiger partial charge in [-0.05, 0) is 18.2 Å². The van der Waals surface area contributed by atoms with Crippen molar-refractivity contribution in [1.82, 2.24) is 0 Å². The summed E-state index contributed by atoms with van der Waals surface area (Å²) in [6.07, 6.45) is 5.71. The monoisotopic (exact) mass is 297 g/mol. The number of rotatable bonds is 6. The molecule has 0 N–H and O–H groups in total. The molecule has 106 valence electrons. The zero-order chi connectivity index (χ0) is 16.4. The second-order valence-corrected chi connectivity index (χ2v) is 3.35. The molecule has 1 rings (SSSR count). The van der Waals surface area contributed by atoms with Gasteiger partial charge in [-0.2, -0.15) is 9.98 Å².